The fourth-order valence-corrected chi connectivity index (χ4v) is 10.8. The summed E-state index contributed by atoms with van der Waals surface area (Å²) in [6.07, 6.45) is 0. The molecular formula is C29H42BFO4Si. The van der Waals surface area contributed by atoms with Crippen LogP contribution in [0, 0.1) is 17.3 Å². The molecule has 36 heavy (non-hydrogen) atoms. The summed E-state index contributed by atoms with van der Waals surface area (Å²) in [4.78, 5) is 0. The predicted molar refractivity (Wildman–Crippen MR) is 150 cm³/mol. The first-order valence-electron chi connectivity index (χ1n) is 12.9. The van der Waals surface area contributed by atoms with E-state index in [1.54, 1.807) is 19.2 Å². The van der Waals surface area contributed by atoms with Crippen molar-refractivity contribution < 1.29 is 23.2 Å². The van der Waals surface area contributed by atoms with Gasteiger partial charge in [-0.05, 0) is 74.0 Å². The molecule has 0 unspecified atom stereocenters. The van der Waals surface area contributed by atoms with E-state index in [0.29, 0.717) is 38.6 Å². The number of rotatable bonds is 7. The van der Waals surface area contributed by atoms with E-state index < -0.39 is 26.4 Å². The van der Waals surface area contributed by atoms with Gasteiger partial charge in [-0.2, -0.15) is 0 Å². The Balaban J connectivity index is 2.31. The van der Waals surface area contributed by atoms with E-state index >= 15 is 4.39 Å². The van der Waals surface area contributed by atoms with Crippen LogP contribution in [0.4, 0.5) is 4.39 Å². The minimum Gasteiger partial charge on any atom is -0.468 e. The summed E-state index contributed by atoms with van der Waals surface area (Å²) in [7, 11) is -1.13. The zero-order chi connectivity index (χ0) is 27.1. The molecule has 0 radical (unpaired) electrons. The van der Waals surface area contributed by atoms with Crippen molar-refractivity contribution in [2.24, 2.45) is 0 Å². The van der Waals surface area contributed by atoms with Gasteiger partial charge in [0.05, 0.1) is 11.2 Å². The van der Waals surface area contributed by atoms with E-state index in [2.05, 4.69) is 53.0 Å². The second-order valence-electron chi connectivity index (χ2n) is 11.8. The molecule has 0 aliphatic carbocycles. The molecule has 0 spiro atoms. The van der Waals surface area contributed by atoms with Crippen LogP contribution in [0.2, 0.25) is 16.6 Å². The molecule has 7 heteroatoms. The van der Waals surface area contributed by atoms with Crippen LogP contribution >= 0.6 is 0 Å². The molecule has 0 bridgehead atoms. The summed E-state index contributed by atoms with van der Waals surface area (Å²) in [5.41, 5.74) is 5.69. The molecule has 1 heterocycles. The fraction of sp³-hybridized carbons (Fsp3) is 0.586. The van der Waals surface area contributed by atoms with Crippen LogP contribution in [0.5, 0.6) is 5.75 Å². The Labute approximate surface area is 218 Å². The maximum Gasteiger partial charge on any atom is 0.495 e. The van der Waals surface area contributed by atoms with Gasteiger partial charge in [-0.25, -0.2) is 4.39 Å². The average Bonchev–Trinajstić information content (AvgIpc) is 2.99. The minimum absolute atomic E-state index is 0.0563. The molecule has 1 saturated heterocycles. The maximum absolute atomic E-state index is 15.3. The Morgan fingerprint density at radius 2 is 1.50 bits per heavy atom. The van der Waals surface area contributed by atoms with Crippen molar-refractivity contribution in [1.82, 2.24) is 0 Å². The topological polar surface area (TPSA) is 36.9 Å². The van der Waals surface area contributed by atoms with Gasteiger partial charge in [0.25, 0.3) is 0 Å². The number of fused-ring (bicyclic) bond motifs is 1. The van der Waals surface area contributed by atoms with Crippen LogP contribution in [-0.4, -0.2) is 40.3 Å². The highest BCUT2D eigenvalue weighted by molar-refractivity contribution is 6.90. The molecule has 1 aliphatic heterocycles. The highest BCUT2D eigenvalue weighted by atomic mass is 28.3. The number of benzene rings is 2. The molecule has 0 N–H and O–H groups in total. The fourth-order valence-electron chi connectivity index (χ4n) is 5.53. The van der Waals surface area contributed by atoms with E-state index in [-0.39, 0.29) is 12.6 Å². The summed E-state index contributed by atoms with van der Waals surface area (Å²) in [6.45, 7) is 21.8. The third kappa shape index (κ3) is 5.11. The molecule has 0 saturated carbocycles. The van der Waals surface area contributed by atoms with E-state index in [4.69, 9.17) is 18.8 Å². The molecule has 2 aromatic carbocycles. The Hall–Kier alpha value is -1.85. The largest absolute Gasteiger partial charge is 0.495 e. The molecule has 196 valence electrons. The third-order valence-corrected chi connectivity index (χ3v) is 14.5. The number of ether oxygens (including phenoxy) is 2. The number of methoxy groups -OCH3 is 1. The van der Waals surface area contributed by atoms with Crippen molar-refractivity contribution in [3.63, 3.8) is 0 Å². The van der Waals surface area contributed by atoms with Crippen LogP contribution in [-0.2, 0) is 14.0 Å². The van der Waals surface area contributed by atoms with E-state index in [0.717, 1.165) is 5.56 Å². The van der Waals surface area contributed by atoms with Crippen LogP contribution in [0.1, 0.15) is 74.8 Å². The summed E-state index contributed by atoms with van der Waals surface area (Å²) in [6, 6.07) is 6.85. The summed E-state index contributed by atoms with van der Waals surface area (Å²) < 4.78 is 38.9. The van der Waals surface area contributed by atoms with Crippen molar-refractivity contribution in [2.45, 2.75) is 97.1 Å². The SMILES string of the molecule is COCOc1cc(B2OC(C)(C)C(C)(C)O2)c2c(C#C[Si](C(C)C)(C(C)C)C(C)C)ccc(F)c2c1. The van der Waals surface area contributed by atoms with Gasteiger partial charge in [0.2, 0.25) is 0 Å². The first-order valence-corrected chi connectivity index (χ1v) is 15.2. The molecule has 0 atom stereocenters. The Kier molecular flexibility index (Phi) is 8.37. The molecule has 1 aliphatic rings. The summed E-state index contributed by atoms with van der Waals surface area (Å²) in [5.74, 6) is 3.69. The second-order valence-corrected chi connectivity index (χ2v) is 17.4. The molecular weight excluding hydrogens is 470 g/mol. The highest BCUT2D eigenvalue weighted by Gasteiger charge is 2.52. The van der Waals surface area contributed by atoms with Crippen LogP contribution < -0.4 is 10.2 Å². The second kappa shape index (κ2) is 10.5. The molecule has 3 rings (SSSR count). The van der Waals surface area contributed by atoms with E-state index in [1.165, 1.54) is 6.07 Å². The number of hydrogen-bond acceptors (Lipinski definition) is 4. The van der Waals surface area contributed by atoms with Crippen molar-refractivity contribution >= 4 is 31.4 Å². The predicted octanol–water partition coefficient (Wildman–Crippen LogP) is 6.83. The van der Waals surface area contributed by atoms with Gasteiger partial charge in [-0.1, -0.05) is 47.5 Å². The van der Waals surface area contributed by atoms with Crippen molar-refractivity contribution in [2.75, 3.05) is 13.9 Å². The minimum atomic E-state index is -1.99. The Morgan fingerprint density at radius 3 is 2.00 bits per heavy atom. The number of halogens is 1. The molecule has 2 aromatic rings. The maximum atomic E-state index is 15.3. The average molecular weight is 513 g/mol. The smallest absolute Gasteiger partial charge is 0.468 e. The van der Waals surface area contributed by atoms with Crippen molar-refractivity contribution in [3.05, 3.63) is 35.6 Å². The molecule has 1 fully saturated rings. The van der Waals surface area contributed by atoms with E-state index in [1.807, 2.05) is 33.8 Å². The van der Waals surface area contributed by atoms with Gasteiger partial charge in [0, 0.05) is 23.4 Å². The highest BCUT2D eigenvalue weighted by Crippen LogP contribution is 2.41. The number of hydrogen-bond donors (Lipinski definition) is 0. The molecule has 4 nitrogen and oxygen atoms in total. The van der Waals surface area contributed by atoms with Gasteiger partial charge in [-0.3, -0.25) is 0 Å². The Morgan fingerprint density at radius 1 is 0.944 bits per heavy atom. The summed E-state index contributed by atoms with van der Waals surface area (Å²) in [5, 5.41) is 1.15. The van der Waals surface area contributed by atoms with Gasteiger partial charge < -0.3 is 18.8 Å². The van der Waals surface area contributed by atoms with Gasteiger partial charge in [0.1, 0.15) is 19.6 Å². The van der Waals surface area contributed by atoms with Gasteiger partial charge >= 0.3 is 7.12 Å². The molecule has 0 amide bonds. The normalized spacial score (nSPS) is 17.2. The zero-order valence-electron chi connectivity index (χ0n) is 23.8. The first-order chi connectivity index (χ1) is 16.7. The van der Waals surface area contributed by atoms with E-state index in [9.17, 15) is 0 Å². The standard InChI is InChI=1S/C29H42BFO4Si/c1-19(2)36(20(3)4,21(5)6)15-14-22-12-13-26(31)24-16-23(33-18-32-11)17-25(27(22)24)30-34-28(7,8)29(9,10)35-30/h12-13,16-17,19-21H,18H2,1-11H3. The zero-order valence-corrected chi connectivity index (χ0v) is 24.8. The summed E-state index contributed by atoms with van der Waals surface area (Å²) >= 11 is 0. The van der Waals surface area contributed by atoms with Crippen molar-refractivity contribution in [1.29, 1.82) is 0 Å². The first kappa shape index (κ1) is 28.7. The lowest BCUT2D eigenvalue weighted by atomic mass is 9.74. The third-order valence-electron chi connectivity index (χ3n) is 8.20. The lowest BCUT2D eigenvalue weighted by Crippen LogP contribution is -2.43. The molecule has 0 aromatic heterocycles. The van der Waals surface area contributed by atoms with Crippen LogP contribution in [0.3, 0.4) is 0 Å². The van der Waals surface area contributed by atoms with Crippen molar-refractivity contribution in [3.8, 4) is 17.2 Å². The van der Waals surface area contributed by atoms with Crippen LogP contribution in [0.15, 0.2) is 24.3 Å². The quantitative estimate of drug-likeness (QED) is 0.232. The Bertz CT molecular complexity index is 1130. The lowest BCUT2D eigenvalue weighted by molar-refractivity contribution is 0.00578. The van der Waals surface area contributed by atoms with Gasteiger partial charge in [0.15, 0.2) is 6.79 Å². The van der Waals surface area contributed by atoms with Crippen LogP contribution in [0.25, 0.3) is 10.8 Å². The van der Waals surface area contributed by atoms with Gasteiger partial charge in [-0.15, -0.1) is 5.54 Å². The lowest BCUT2D eigenvalue weighted by Gasteiger charge is -2.38. The monoisotopic (exact) mass is 512 g/mol.